The predicted molar refractivity (Wildman–Crippen MR) is 115 cm³/mol. The molecular formula is C25H18FNO4. The van der Waals surface area contributed by atoms with Crippen molar-refractivity contribution in [2.45, 2.75) is 6.10 Å². The summed E-state index contributed by atoms with van der Waals surface area (Å²) < 4.78 is 18.7. The smallest absolute Gasteiger partial charge is 0.343 e. The Morgan fingerprint density at radius 3 is 2.26 bits per heavy atom. The van der Waals surface area contributed by atoms with E-state index in [1.807, 2.05) is 12.1 Å². The first-order valence-corrected chi connectivity index (χ1v) is 9.56. The number of hydrogen-bond acceptors (Lipinski definition) is 4. The molecule has 31 heavy (non-hydrogen) atoms. The number of esters is 1. The summed E-state index contributed by atoms with van der Waals surface area (Å²) in [5.41, 5.74) is 0.766. The summed E-state index contributed by atoms with van der Waals surface area (Å²) in [7, 11) is 0. The van der Waals surface area contributed by atoms with Gasteiger partial charge in [0.05, 0.1) is 0 Å². The van der Waals surface area contributed by atoms with Crippen molar-refractivity contribution in [2.75, 3.05) is 5.32 Å². The van der Waals surface area contributed by atoms with Gasteiger partial charge in [-0.1, -0.05) is 60.7 Å². The maximum atomic E-state index is 13.2. The van der Waals surface area contributed by atoms with E-state index in [1.165, 1.54) is 30.3 Å². The highest BCUT2D eigenvalue weighted by Gasteiger charge is 2.27. The average Bonchev–Trinajstić information content (AvgIpc) is 2.80. The van der Waals surface area contributed by atoms with Crippen LogP contribution in [0.4, 0.5) is 10.1 Å². The molecule has 0 radical (unpaired) electrons. The zero-order chi connectivity index (χ0) is 21.8. The van der Waals surface area contributed by atoms with Crippen LogP contribution in [0.1, 0.15) is 22.0 Å². The molecule has 0 aliphatic carbocycles. The van der Waals surface area contributed by atoms with Gasteiger partial charge in [0.15, 0.2) is 0 Å². The van der Waals surface area contributed by atoms with Crippen LogP contribution in [0.25, 0.3) is 10.8 Å². The Bertz CT molecular complexity index is 1240. The molecule has 4 rings (SSSR count). The largest absolute Gasteiger partial charge is 0.506 e. The lowest BCUT2D eigenvalue weighted by atomic mass is 10.0. The van der Waals surface area contributed by atoms with E-state index in [-0.39, 0.29) is 11.3 Å². The van der Waals surface area contributed by atoms with E-state index in [0.717, 1.165) is 5.39 Å². The molecule has 154 valence electrons. The number of phenolic OH excluding ortho intramolecular Hbond substituents is 1. The van der Waals surface area contributed by atoms with Crippen LogP contribution in [-0.4, -0.2) is 17.0 Å². The molecule has 6 heteroatoms. The summed E-state index contributed by atoms with van der Waals surface area (Å²) >= 11 is 0. The van der Waals surface area contributed by atoms with Crippen molar-refractivity contribution in [3.05, 3.63) is 108 Å². The summed E-state index contributed by atoms with van der Waals surface area (Å²) in [6, 6.07) is 24.0. The average molecular weight is 415 g/mol. The van der Waals surface area contributed by atoms with Crippen LogP contribution in [-0.2, 0) is 9.53 Å². The van der Waals surface area contributed by atoms with Crippen LogP contribution < -0.4 is 5.32 Å². The Morgan fingerprint density at radius 1 is 0.839 bits per heavy atom. The van der Waals surface area contributed by atoms with E-state index in [2.05, 4.69) is 5.32 Å². The van der Waals surface area contributed by atoms with Crippen molar-refractivity contribution in [3.8, 4) is 5.75 Å². The first-order chi connectivity index (χ1) is 15.0. The summed E-state index contributed by atoms with van der Waals surface area (Å²) in [4.78, 5) is 25.8. The third kappa shape index (κ3) is 4.38. The fraction of sp³-hybridized carbons (Fsp3) is 0.0400. The van der Waals surface area contributed by atoms with Gasteiger partial charge in [0, 0.05) is 16.6 Å². The SMILES string of the molecule is O=C(O[C@H](C(=O)Nc1ccc(F)cc1)c1ccccc1)c1ccc2ccccc2c1O. The fourth-order valence-electron chi connectivity index (χ4n) is 3.23. The lowest BCUT2D eigenvalue weighted by molar-refractivity contribution is -0.125. The Labute approximate surface area is 177 Å². The van der Waals surface area contributed by atoms with Gasteiger partial charge in [-0.25, -0.2) is 9.18 Å². The summed E-state index contributed by atoms with van der Waals surface area (Å²) in [5.74, 6) is -2.09. The van der Waals surface area contributed by atoms with Crippen LogP contribution >= 0.6 is 0 Å². The predicted octanol–water partition coefficient (Wildman–Crippen LogP) is 5.22. The van der Waals surface area contributed by atoms with E-state index in [0.29, 0.717) is 16.6 Å². The van der Waals surface area contributed by atoms with Crippen LogP contribution in [0.3, 0.4) is 0 Å². The number of hydrogen-bond donors (Lipinski definition) is 2. The second-order valence-corrected chi connectivity index (χ2v) is 6.88. The van der Waals surface area contributed by atoms with Crippen molar-refractivity contribution in [3.63, 3.8) is 0 Å². The van der Waals surface area contributed by atoms with Gasteiger partial charge in [-0.05, 0) is 35.7 Å². The maximum absolute atomic E-state index is 13.2. The number of rotatable bonds is 5. The number of benzene rings is 4. The number of phenols is 1. The van der Waals surface area contributed by atoms with Crippen molar-refractivity contribution >= 4 is 28.3 Å². The van der Waals surface area contributed by atoms with Crippen LogP contribution in [0.15, 0.2) is 91.0 Å². The van der Waals surface area contributed by atoms with Crippen LogP contribution in [0, 0.1) is 5.82 Å². The maximum Gasteiger partial charge on any atom is 0.343 e. The Hall–Kier alpha value is -4.19. The highest BCUT2D eigenvalue weighted by molar-refractivity contribution is 6.03. The zero-order valence-electron chi connectivity index (χ0n) is 16.3. The number of anilines is 1. The van der Waals surface area contributed by atoms with Gasteiger partial charge in [-0.3, -0.25) is 4.79 Å². The molecule has 0 spiro atoms. The van der Waals surface area contributed by atoms with Gasteiger partial charge in [0.2, 0.25) is 6.10 Å². The molecule has 0 aliphatic rings. The summed E-state index contributed by atoms with van der Waals surface area (Å²) in [6.45, 7) is 0. The molecule has 4 aromatic carbocycles. The number of fused-ring (bicyclic) bond motifs is 1. The molecule has 0 bridgehead atoms. The number of halogens is 1. The minimum atomic E-state index is -1.27. The van der Waals surface area contributed by atoms with Crippen molar-refractivity contribution < 1.29 is 23.8 Å². The van der Waals surface area contributed by atoms with E-state index in [1.54, 1.807) is 48.5 Å². The van der Waals surface area contributed by atoms with Gasteiger partial charge in [-0.15, -0.1) is 0 Å². The van der Waals surface area contributed by atoms with E-state index >= 15 is 0 Å². The normalized spacial score (nSPS) is 11.6. The molecule has 0 saturated carbocycles. The Balaban J connectivity index is 1.63. The van der Waals surface area contributed by atoms with Crippen LogP contribution in [0.2, 0.25) is 0 Å². The monoisotopic (exact) mass is 415 g/mol. The van der Waals surface area contributed by atoms with Gasteiger partial charge in [-0.2, -0.15) is 0 Å². The topological polar surface area (TPSA) is 75.6 Å². The zero-order valence-corrected chi connectivity index (χ0v) is 16.3. The molecule has 4 aromatic rings. The third-order valence-corrected chi connectivity index (χ3v) is 4.80. The molecule has 0 fully saturated rings. The standard InChI is InChI=1S/C25H18FNO4/c26-18-11-13-19(14-12-18)27-24(29)23(17-7-2-1-3-8-17)31-25(30)21-15-10-16-6-4-5-9-20(16)22(21)28/h1-15,23,28H,(H,27,29)/t23-/m0/s1. The fourth-order valence-corrected chi connectivity index (χ4v) is 3.23. The number of carbonyl (C=O) groups is 2. The molecule has 0 aliphatic heterocycles. The number of nitrogens with one attached hydrogen (secondary N) is 1. The minimum Gasteiger partial charge on any atom is -0.506 e. The first kappa shape index (κ1) is 20.1. The van der Waals surface area contributed by atoms with Gasteiger partial charge < -0.3 is 15.2 Å². The van der Waals surface area contributed by atoms with E-state index in [9.17, 15) is 19.1 Å². The van der Waals surface area contributed by atoms with Crippen molar-refractivity contribution in [1.82, 2.24) is 0 Å². The summed E-state index contributed by atoms with van der Waals surface area (Å²) in [5, 5.41) is 14.5. The number of amides is 1. The summed E-state index contributed by atoms with van der Waals surface area (Å²) in [6.07, 6.45) is -1.27. The van der Waals surface area contributed by atoms with Gasteiger partial charge in [0.25, 0.3) is 5.91 Å². The number of aromatic hydroxyl groups is 1. The molecule has 1 amide bonds. The Kier molecular flexibility index (Phi) is 5.62. The molecule has 1 atom stereocenters. The molecule has 0 heterocycles. The van der Waals surface area contributed by atoms with E-state index < -0.39 is 23.8 Å². The van der Waals surface area contributed by atoms with Gasteiger partial charge in [0.1, 0.15) is 17.1 Å². The Morgan fingerprint density at radius 2 is 1.52 bits per heavy atom. The first-order valence-electron chi connectivity index (χ1n) is 9.56. The molecule has 5 nitrogen and oxygen atoms in total. The third-order valence-electron chi connectivity index (χ3n) is 4.80. The number of ether oxygens (including phenoxy) is 1. The molecule has 0 aromatic heterocycles. The van der Waals surface area contributed by atoms with Crippen molar-refractivity contribution in [1.29, 1.82) is 0 Å². The molecule has 0 unspecified atom stereocenters. The number of carbonyl (C=O) groups excluding carboxylic acids is 2. The second-order valence-electron chi connectivity index (χ2n) is 6.88. The molecular weight excluding hydrogens is 397 g/mol. The highest BCUT2D eigenvalue weighted by Crippen LogP contribution is 2.31. The lowest BCUT2D eigenvalue weighted by Crippen LogP contribution is -2.26. The van der Waals surface area contributed by atoms with Gasteiger partial charge >= 0.3 is 5.97 Å². The molecule has 0 saturated heterocycles. The quantitative estimate of drug-likeness (QED) is 0.438. The minimum absolute atomic E-state index is 0.0470. The second kappa shape index (κ2) is 8.67. The van der Waals surface area contributed by atoms with E-state index in [4.69, 9.17) is 4.74 Å². The highest BCUT2D eigenvalue weighted by atomic mass is 19.1. The van der Waals surface area contributed by atoms with Crippen LogP contribution in [0.5, 0.6) is 5.75 Å². The molecule has 2 N–H and O–H groups in total. The lowest BCUT2D eigenvalue weighted by Gasteiger charge is -2.19. The van der Waals surface area contributed by atoms with Crippen molar-refractivity contribution in [2.24, 2.45) is 0 Å².